The highest BCUT2D eigenvalue weighted by Crippen LogP contribution is 2.14. The van der Waals surface area contributed by atoms with Crippen LogP contribution < -0.4 is 5.32 Å². The van der Waals surface area contributed by atoms with Gasteiger partial charge >= 0.3 is 0 Å². The minimum Gasteiger partial charge on any atom is -0.369 e. The summed E-state index contributed by atoms with van der Waals surface area (Å²) in [5.74, 6) is 1.81. The molecular formula is C11H18BrN3S. The maximum absolute atomic E-state index is 4.47. The van der Waals surface area contributed by atoms with Crippen LogP contribution in [-0.4, -0.2) is 28.0 Å². The van der Waals surface area contributed by atoms with Gasteiger partial charge in [0, 0.05) is 24.3 Å². The quantitative estimate of drug-likeness (QED) is 0.818. The summed E-state index contributed by atoms with van der Waals surface area (Å²) in [6.07, 6.45) is 4.11. The zero-order valence-corrected chi connectivity index (χ0v) is 12.4. The van der Waals surface area contributed by atoms with Gasteiger partial charge in [0.15, 0.2) is 0 Å². The van der Waals surface area contributed by atoms with E-state index in [0.717, 1.165) is 35.6 Å². The van der Waals surface area contributed by atoms with Crippen LogP contribution in [0.4, 0.5) is 5.82 Å². The molecule has 1 atom stereocenters. The van der Waals surface area contributed by atoms with Crippen LogP contribution in [0.3, 0.4) is 0 Å². The second kappa shape index (κ2) is 7.12. The molecule has 0 aliphatic carbocycles. The van der Waals surface area contributed by atoms with Crippen molar-refractivity contribution in [3.05, 3.63) is 16.5 Å². The van der Waals surface area contributed by atoms with Crippen LogP contribution >= 0.6 is 27.7 Å². The van der Waals surface area contributed by atoms with Crippen molar-refractivity contribution in [1.29, 1.82) is 0 Å². The molecule has 1 unspecified atom stereocenters. The molecule has 0 saturated heterocycles. The zero-order chi connectivity index (χ0) is 12.0. The summed E-state index contributed by atoms with van der Waals surface area (Å²) >= 11 is 5.26. The number of halogens is 1. The van der Waals surface area contributed by atoms with E-state index in [9.17, 15) is 0 Å². The molecule has 16 heavy (non-hydrogen) atoms. The molecule has 0 radical (unpaired) electrons. The normalized spacial score (nSPS) is 12.5. The SMILES string of the molecule is CCCc1nc(Br)cc(NCC(C)SC)n1. The van der Waals surface area contributed by atoms with Crippen molar-refractivity contribution in [1.82, 2.24) is 9.97 Å². The van der Waals surface area contributed by atoms with Crippen molar-refractivity contribution in [3.63, 3.8) is 0 Å². The van der Waals surface area contributed by atoms with Crippen LogP contribution in [0.15, 0.2) is 10.7 Å². The van der Waals surface area contributed by atoms with E-state index in [1.165, 1.54) is 0 Å². The molecule has 0 aromatic carbocycles. The Kier molecular flexibility index (Phi) is 6.13. The van der Waals surface area contributed by atoms with Crippen LogP contribution in [0.2, 0.25) is 0 Å². The first-order chi connectivity index (χ1) is 7.65. The second-order valence-electron chi connectivity index (χ2n) is 3.67. The second-order valence-corrected chi connectivity index (χ2v) is 5.76. The molecule has 0 amide bonds. The van der Waals surface area contributed by atoms with Gasteiger partial charge < -0.3 is 5.32 Å². The Hall–Kier alpha value is -0.290. The lowest BCUT2D eigenvalue weighted by Gasteiger charge is -2.11. The van der Waals surface area contributed by atoms with Crippen molar-refractivity contribution in [2.45, 2.75) is 31.9 Å². The smallest absolute Gasteiger partial charge is 0.132 e. The first kappa shape index (κ1) is 13.8. The van der Waals surface area contributed by atoms with Crippen molar-refractivity contribution in [3.8, 4) is 0 Å². The molecule has 0 aliphatic rings. The van der Waals surface area contributed by atoms with E-state index in [-0.39, 0.29) is 0 Å². The van der Waals surface area contributed by atoms with Crippen LogP contribution in [-0.2, 0) is 6.42 Å². The maximum atomic E-state index is 4.47. The minimum absolute atomic E-state index is 0.586. The number of rotatable bonds is 6. The van der Waals surface area contributed by atoms with Crippen LogP contribution in [0, 0.1) is 0 Å². The molecule has 3 nitrogen and oxygen atoms in total. The summed E-state index contributed by atoms with van der Waals surface area (Å²) in [5, 5.41) is 3.92. The van der Waals surface area contributed by atoms with Crippen molar-refractivity contribution in [2.75, 3.05) is 18.1 Å². The monoisotopic (exact) mass is 303 g/mol. The highest BCUT2D eigenvalue weighted by molar-refractivity contribution is 9.10. The molecule has 1 aromatic rings. The summed E-state index contributed by atoms with van der Waals surface area (Å²) in [6, 6.07) is 1.92. The largest absolute Gasteiger partial charge is 0.369 e. The average Bonchev–Trinajstić information content (AvgIpc) is 2.25. The Morgan fingerprint density at radius 2 is 2.25 bits per heavy atom. The van der Waals surface area contributed by atoms with Gasteiger partial charge in [-0.2, -0.15) is 11.8 Å². The van der Waals surface area contributed by atoms with Gasteiger partial charge in [0.05, 0.1) is 0 Å². The number of nitrogens with one attached hydrogen (secondary N) is 1. The number of hydrogen-bond acceptors (Lipinski definition) is 4. The highest BCUT2D eigenvalue weighted by atomic mass is 79.9. The molecular weight excluding hydrogens is 286 g/mol. The molecule has 0 aliphatic heterocycles. The summed E-state index contributed by atoms with van der Waals surface area (Å²) < 4.78 is 0.852. The number of aryl methyl sites for hydroxylation is 1. The van der Waals surface area contributed by atoms with E-state index in [1.807, 2.05) is 17.8 Å². The van der Waals surface area contributed by atoms with Crippen LogP contribution in [0.1, 0.15) is 26.1 Å². The Bertz CT molecular complexity index is 333. The van der Waals surface area contributed by atoms with Gasteiger partial charge in [0.2, 0.25) is 0 Å². The van der Waals surface area contributed by atoms with E-state index in [4.69, 9.17) is 0 Å². The third-order valence-corrected chi connectivity index (χ3v) is 3.57. The fourth-order valence-electron chi connectivity index (χ4n) is 1.22. The van der Waals surface area contributed by atoms with E-state index in [2.05, 4.69) is 51.3 Å². The van der Waals surface area contributed by atoms with Crippen molar-refractivity contribution in [2.24, 2.45) is 0 Å². The van der Waals surface area contributed by atoms with E-state index < -0.39 is 0 Å². The molecule has 0 saturated carbocycles. The van der Waals surface area contributed by atoms with Crippen LogP contribution in [0.5, 0.6) is 0 Å². The Labute approximate surface area is 110 Å². The first-order valence-electron chi connectivity index (χ1n) is 5.45. The van der Waals surface area contributed by atoms with Gasteiger partial charge in [0.1, 0.15) is 16.2 Å². The zero-order valence-electron chi connectivity index (χ0n) is 9.96. The topological polar surface area (TPSA) is 37.8 Å². The summed E-state index contributed by atoms with van der Waals surface area (Å²) in [5.41, 5.74) is 0. The molecule has 90 valence electrons. The molecule has 1 rings (SSSR count). The summed E-state index contributed by atoms with van der Waals surface area (Å²) in [6.45, 7) is 5.25. The van der Waals surface area contributed by atoms with Gasteiger partial charge in [-0.25, -0.2) is 9.97 Å². The Morgan fingerprint density at radius 3 is 2.88 bits per heavy atom. The lowest BCUT2D eigenvalue weighted by atomic mass is 10.3. The fraction of sp³-hybridized carbons (Fsp3) is 0.636. The number of anilines is 1. The van der Waals surface area contributed by atoms with Gasteiger partial charge in [-0.05, 0) is 28.6 Å². The minimum atomic E-state index is 0.586. The van der Waals surface area contributed by atoms with Gasteiger partial charge in [0.25, 0.3) is 0 Å². The molecule has 0 bridgehead atoms. The number of thioether (sulfide) groups is 1. The summed E-state index contributed by atoms with van der Waals surface area (Å²) in [4.78, 5) is 8.80. The number of aromatic nitrogens is 2. The average molecular weight is 304 g/mol. The van der Waals surface area contributed by atoms with E-state index in [0.29, 0.717) is 5.25 Å². The predicted molar refractivity (Wildman–Crippen MR) is 75.2 cm³/mol. The predicted octanol–water partition coefficient (Wildman–Crippen LogP) is 3.36. The van der Waals surface area contributed by atoms with Crippen molar-refractivity contribution < 1.29 is 0 Å². The third kappa shape index (κ3) is 4.70. The third-order valence-electron chi connectivity index (χ3n) is 2.19. The van der Waals surface area contributed by atoms with E-state index >= 15 is 0 Å². The standard InChI is InChI=1S/C11H18BrN3S/c1-4-5-10-14-9(12)6-11(15-10)13-7-8(2)16-3/h6,8H,4-5,7H2,1-3H3,(H,13,14,15). The number of nitrogens with zero attached hydrogens (tertiary/aromatic N) is 2. The van der Waals surface area contributed by atoms with Gasteiger partial charge in [-0.3, -0.25) is 0 Å². The molecule has 1 heterocycles. The van der Waals surface area contributed by atoms with Gasteiger partial charge in [-0.15, -0.1) is 0 Å². The Balaban J connectivity index is 2.64. The lowest BCUT2D eigenvalue weighted by Crippen LogP contribution is -2.14. The lowest BCUT2D eigenvalue weighted by molar-refractivity contribution is 0.827. The Morgan fingerprint density at radius 1 is 1.50 bits per heavy atom. The van der Waals surface area contributed by atoms with E-state index in [1.54, 1.807) is 0 Å². The molecule has 5 heteroatoms. The van der Waals surface area contributed by atoms with Crippen molar-refractivity contribution >= 4 is 33.5 Å². The fourth-order valence-corrected chi connectivity index (χ4v) is 1.89. The molecule has 0 fully saturated rings. The highest BCUT2D eigenvalue weighted by Gasteiger charge is 2.04. The summed E-state index contributed by atoms with van der Waals surface area (Å²) in [7, 11) is 0. The molecule has 1 N–H and O–H groups in total. The molecule has 1 aromatic heterocycles. The van der Waals surface area contributed by atoms with Gasteiger partial charge in [-0.1, -0.05) is 13.8 Å². The first-order valence-corrected chi connectivity index (χ1v) is 7.54. The maximum Gasteiger partial charge on any atom is 0.132 e. The number of hydrogen-bond donors (Lipinski definition) is 1. The molecule has 0 spiro atoms. The van der Waals surface area contributed by atoms with Crippen LogP contribution in [0.25, 0.3) is 0 Å².